The Morgan fingerprint density at radius 3 is 2.78 bits per heavy atom. The topological polar surface area (TPSA) is 96.6 Å². The highest BCUT2D eigenvalue weighted by atomic mass is 79.9. The molecule has 1 aliphatic heterocycles. The van der Waals surface area contributed by atoms with E-state index in [1.165, 1.54) is 4.68 Å². The Balaban J connectivity index is 2.22. The van der Waals surface area contributed by atoms with Crippen LogP contribution in [-0.4, -0.2) is 31.4 Å². The minimum absolute atomic E-state index is 0.0821. The lowest BCUT2D eigenvalue weighted by atomic mass is 10.1. The van der Waals surface area contributed by atoms with Gasteiger partial charge >= 0.3 is 0 Å². The van der Waals surface area contributed by atoms with E-state index in [9.17, 15) is 15.0 Å². The molecule has 8 heteroatoms. The van der Waals surface area contributed by atoms with Crippen LogP contribution in [-0.2, 0) is 4.74 Å². The van der Waals surface area contributed by atoms with Crippen LogP contribution in [0.3, 0.4) is 0 Å². The van der Waals surface area contributed by atoms with E-state index >= 15 is 0 Å². The van der Waals surface area contributed by atoms with Crippen molar-refractivity contribution in [1.29, 1.82) is 0 Å². The largest absolute Gasteiger partial charge is 0.493 e. The van der Waals surface area contributed by atoms with Crippen molar-refractivity contribution in [2.24, 2.45) is 0 Å². The molecule has 3 rings (SSSR count). The lowest BCUT2D eigenvalue weighted by molar-refractivity contribution is 0.104. The van der Waals surface area contributed by atoms with Crippen molar-refractivity contribution in [1.82, 2.24) is 9.66 Å². The zero-order chi connectivity index (χ0) is 16.6. The predicted molar refractivity (Wildman–Crippen MR) is 88.8 cm³/mol. The fraction of sp³-hybridized carbons (Fsp3) is 0.200. The molecule has 0 bridgehead atoms. The van der Waals surface area contributed by atoms with Crippen LogP contribution in [0.2, 0.25) is 0 Å². The summed E-state index contributed by atoms with van der Waals surface area (Å²) in [5.74, 6) is -0.662. The maximum Gasteiger partial charge on any atom is 0.286 e. The number of aromatic hydroxyl groups is 1. The Kier molecular flexibility index (Phi) is 3.99. The molecule has 1 atom stereocenters. The quantitative estimate of drug-likeness (QED) is 0.429. The number of alkyl halides is 1. The number of aliphatic hydroxyl groups excluding tert-OH is 1. The number of hydrogen-bond acceptors (Lipinski definition) is 6. The summed E-state index contributed by atoms with van der Waals surface area (Å²) in [4.78, 5) is 16.2. The summed E-state index contributed by atoms with van der Waals surface area (Å²) in [6.45, 7) is 1.98. The predicted octanol–water partition coefficient (Wildman–Crippen LogP) is 2.16. The first kappa shape index (κ1) is 15.4. The van der Waals surface area contributed by atoms with Crippen LogP contribution in [0.1, 0.15) is 12.7 Å². The third-order valence-electron chi connectivity index (χ3n) is 3.37. The molecule has 0 saturated carbocycles. The molecule has 0 fully saturated rings. The molecular weight excluding hydrogens is 366 g/mol. The fourth-order valence-corrected chi connectivity index (χ4v) is 2.98. The number of aliphatic hydroxyl groups is 1. The van der Waals surface area contributed by atoms with Crippen molar-refractivity contribution in [3.63, 3.8) is 0 Å². The van der Waals surface area contributed by atoms with Crippen molar-refractivity contribution in [3.05, 3.63) is 52.5 Å². The average molecular weight is 380 g/mol. The van der Waals surface area contributed by atoms with E-state index in [2.05, 4.69) is 26.3 Å². The van der Waals surface area contributed by atoms with Crippen molar-refractivity contribution in [2.45, 2.75) is 11.9 Å². The van der Waals surface area contributed by atoms with Crippen LogP contribution < -0.4 is 11.0 Å². The van der Waals surface area contributed by atoms with Crippen LogP contribution >= 0.6 is 15.9 Å². The minimum atomic E-state index is -0.570. The van der Waals surface area contributed by atoms with E-state index in [1.54, 1.807) is 31.2 Å². The Labute approximate surface area is 140 Å². The van der Waals surface area contributed by atoms with E-state index in [1.807, 2.05) is 6.07 Å². The monoisotopic (exact) mass is 379 g/mol. The zero-order valence-corrected chi connectivity index (χ0v) is 13.7. The minimum Gasteiger partial charge on any atom is -0.493 e. The molecule has 0 aliphatic carbocycles. The van der Waals surface area contributed by atoms with Gasteiger partial charge in [-0.15, -0.1) is 0 Å². The smallest absolute Gasteiger partial charge is 0.286 e. The highest BCUT2D eigenvalue weighted by Crippen LogP contribution is 2.32. The third-order valence-corrected chi connectivity index (χ3v) is 4.04. The highest BCUT2D eigenvalue weighted by molar-refractivity contribution is 9.09. The molecule has 1 unspecified atom stereocenters. The van der Waals surface area contributed by atoms with Gasteiger partial charge in [-0.3, -0.25) is 4.79 Å². The van der Waals surface area contributed by atoms with Gasteiger partial charge in [0.25, 0.3) is 11.5 Å². The molecule has 1 aliphatic rings. The molecule has 0 radical (unpaired) electrons. The number of ether oxygens (including phenoxy) is 1. The van der Waals surface area contributed by atoms with Crippen LogP contribution in [0.4, 0.5) is 0 Å². The van der Waals surface area contributed by atoms with Gasteiger partial charge < -0.3 is 20.4 Å². The van der Waals surface area contributed by atoms with Gasteiger partial charge in [-0.25, -0.2) is 4.68 Å². The normalized spacial score (nSPS) is 18.3. The van der Waals surface area contributed by atoms with Gasteiger partial charge in [-0.05, 0) is 12.5 Å². The number of nitrogens with zero attached hydrogens (tertiary/aromatic N) is 2. The Hall–Kier alpha value is -2.48. The van der Waals surface area contributed by atoms with E-state index in [-0.39, 0.29) is 29.5 Å². The SMILES string of the molecule is CCOC(O)=C1c2nc(O)c(-c3ccccc3)c(=O)n2NC1Br. The molecule has 2 aromatic rings. The molecule has 0 spiro atoms. The summed E-state index contributed by atoms with van der Waals surface area (Å²) in [7, 11) is 0. The van der Waals surface area contributed by atoms with Crippen molar-refractivity contribution in [2.75, 3.05) is 12.0 Å². The maximum atomic E-state index is 12.7. The molecular formula is C15H14BrN3O4. The van der Waals surface area contributed by atoms with Crippen LogP contribution in [0.25, 0.3) is 16.7 Å². The Morgan fingerprint density at radius 2 is 2.13 bits per heavy atom. The molecule has 1 aromatic carbocycles. The highest BCUT2D eigenvalue weighted by Gasteiger charge is 2.33. The first-order valence-electron chi connectivity index (χ1n) is 6.93. The molecule has 2 heterocycles. The van der Waals surface area contributed by atoms with Crippen molar-refractivity contribution in [3.8, 4) is 17.0 Å². The fourth-order valence-electron chi connectivity index (χ4n) is 2.38. The second kappa shape index (κ2) is 5.96. The lowest BCUT2D eigenvalue weighted by Gasteiger charge is -2.08. The summed E-state index contributed by atoms with van der Waals surface area (Å²) in [6, 6.07) is 8.75. The van der Waals surface area contributed by atoms with Gasteiger partial charge in [0.1, 0.15) is 16.1 Å². The van der Waals surface area contributed by atoms with E-state index < -0.39 is 16.4 Å². The summed E-state index contributed by atoms with van der Waals surface area (Å²) in [5, 5.41) is 20.2. The zero-order valence-electron chi connectivity index (χ0n) is 12.2. The van der Waals surface area contributed by atoms with Gasteiger partial charge in [-0.2, -0.15) is 4.98 Å². The van der Waals surface area contributed by atoms with Gasteiger partial charge in [0.15, 0.2) is 5.82 Å². The van der Waals surface area contributed by atoms with Crippen molar-refractivity contribution < 1.29 is 14.9 Å². The number of hydrogen-bond donors (Lipinski definition) is 3. The molecule has 23 heavy (non-hydrogen) atoms. The molecule has 1 aromatic heterocycles. The van der Waals surface area contributed by atoms with Gasteiger partial charge in [0.2, 0.25) is 5.88 Å². The lowest BCUT2D eigenvalue weighted by Crippen LogP contribution is -2.29. The number of fused-ring (bicyclic) bond motifs is 1. The second-order valence-electron chi connectivity index (χ2n) is 4.78. The number of nitrogens with one attached hydrogen (secondary N) is 1. The Bertz CT molecular complexity index is 833. The van der Waals surface area contributed by atoms with E-state index in [0.29, 0.717) is 5.56 Å². The number of benzene rings is 1. The number of halogens is 1. The number of aromatic nitrogens is 2. The van der Waals surface area contributed by atoms with Gasteiger partial charge in [-0.1, -0.05) is 46.3 Å². The maximum absolute atomic E-state index is 12.7. The summed E-state index contributed by atoms with van der Waals surface area (Å²) in [5.41, 5.74) is 3.26. The van der Waals surface area contributed by atoms with Crippen LogP contribution in [0.5, 0.6) is 5.88 Å². The molecule has 7 nitrogen and oxygen atoms in total. The standard InChI is InChI=1S/C15H14BrN3O4/c1-2-23-15(22)10-11(16)18-19-12(10)17-13(20)9(14(19)21)8-6-4-3-5-7-8/h3-7,11,18,20,22H,2H2,1H3. The van der Waals surface area contributed by atoms with Gasteiger partial charge in [0.05, 0.1) is 6.61 Å². The molecule has 0 amide bonds. The third kappa shape index (κ3) is 2.55. The first-order valence-corrected chi connectivity index (χ1v) is 7.84. The van der Waals surface area contributed by atoms with E-state index in [0.717, 1.165) is 0 Å². The summed E-state index contributed by atoms with van der Waals surface area (Å²) in [6.07, 6.45) is 0. The van der Waals surface area contributed by atoms with Crippen LogP contribution in [0, 0.1) is 0 Å². The van der Waals surface area contributed by atoms with Crippen LogP contribution in [0.15, 0.2) is 41.1 Å². The molecule has 0 saturated heterocycles. The van der Waals surface area contributed by atoms with Crippen molar-refractivity contribution >= 4 is 21.5 Å². The molecule has 3 N–H and O–H groups in total. The second-order valence-corrected chi connectivity index (χ2v) is 5.70. The first-order chi connectivity index (χ1) is 11.0. The Morgan fingerprint density at radius 1 is 1.43 bits per heavy atom. The van der Waals surface area contributed by atoms with Gasteiger partial charge in [0, 0.05) is 0 Å². The number of rotatable bonds is 3. The summed E-state index contributed by atoms with van der Waals surface area (Å²) < 4.78 is 6.25. The molecule has 120 valence electrons. The average Bonchev–Trinajstić information content (AvgIpc) is 2.85. The summed E-state index contributed by atoms with van der Waals surface area (Å²) >= 11 is 3.31. The van der Waals surface area contributed by atoms with E-state index in [4.69, 9.17) is 4.74 Å².